The highest BCUT2D eigenvalue weighted by atomic mass is 79.9. The van der Waals surface area contributed by atoms with E-state index in [1.54, 1.807) is 7.11 Å². The second-order valence-corrected chi connectivity index (χ2v) is 4.12. The zero-order chi connectivity index (χ0) is 11.3. The number of nitrogens with one attached hydrogen (secondary N) is 1. The third-order valence-electron chi connectivity index (χ3n) is 2.74. The van der Waals surface area contributed by atoms with Gasteiger partial charge >= 0.3 is 0 Å². The smallest absolute Gasteiger partial charge is 0.122 e. The van der Waals surface area contributed by atoms with Gasteiger partial charge in [-0.3, -0.25) is 0 Å². The van der Waals surface area contributed by atoms with Gasteiger partial charge in [-0.1, -0.05) is 22.0 Å². The Hall–Kier alpha value is -0.540. The third-order valence-corrected chi connectivity index (χ3v) is 3.13. The molecule has 1 N–H and O–H groups in total. The van der Waals surface area contributed by atoms with Crippen molar-refractivity contribution < 1.29 is 4.74 Å². The van der Waals surface area contributed by atoms with Crippen molar-refractivity contribution in [2.24, 2.45) is 0 Å². The molecule has 0 amide bonds. The standard InChI is InChI=1S/C12H18BrNO/c1-9-10(2)12(15-3)5-4-11(9)6-7-14-8-13/h4-5,14H,6-8H2,1-3H3. The molecule has 0 atom stereocenters. The van der Waals surface area contributed by atoms with Crippen LogP contribution < -0.4 is 10.1 Å². The second kappa shape index (κ2) is 6.13. The number of hydrogen-bond acceptors (Lipinski definition) is 2. The van der Waals surface area contributed by atoms with E-state index in [0.29, 0.717) is 0 Å². The molecule has 0 unspecified atom stereocenters. The first-order valence-corrected chi connectivity index (χ1v) is 6.22. The monoisotopic (exact) mass is 271 g/mol. The van der Waals surface area contributed by atoms with Gasteiger partial charge in [0.15, 0.2) is 0 Å². The number of rotatable bonds is 5. The van der Waals surface area contributed by atoms with Crippen LogP contribution in [0.25, 0.3) is 0 Å². The van der Waals surface area contributed by atoms with Crippen LogP contribution in [0.2, 0.25) is 0 Å². The van der Waals surface area contributed by atoms with E-state index in [4.69, 9.17) is 4.74 Å². The quantitative estimate of drug-likeness (QED) is 0.505. The molecule has 2 nitrogen and oxygen atoms in total. The molecular formula is C12H18BrNO. The predicted octanol–water partition coefficient (Wildman–Crippen LogP) is 2.80. The van der Waals surface area contributed by atoms with Gasteiger partial charge in [-0.15, -0.1) is 0 Å². The summed E-state index contributed by atoms with van der Waals surface area (Å²) >= 11 is 3.35. The van der Waals surface area contributed by atoms with E-state index < -0.39 is 0 Å². The van der Waals surface area contributed by atoms with Crippen molar-refractivity contribution in [3.63, 3.8) is 0 Å². The lowest BCUT2D eigenvalue weighted by molar-refractivity contribution is 0.411. The number of hydrogen-bond donors (Lipinski definition) is 1. The largest absolute Gasteiger partial charge is 0.496 e. The van der Waals surface area contributed by atoms with Gasteiger partial charge in [0.05, 0.1) is 12.6 Å². The molecule has 0 radical (unpaired) electrons. The number of benzene rings is 1. The van der Waals surface area contributed by atoms with Crippen LogP contribution in [0.15, 0.2) is 12.1 Å². The zero-order valence-electron chi connectivity index (χ0n) is 9.56. The fourth-order valence-corrected chi connectivity index (χ4v) is 1.91. The number of methoxy groups -OCH3 is 1. The fourth-order valence-electron chi connectivity index (χ4n) is 1.63. The molecule has 0 spiro atoms. The molecule has 0 bridgehead atoms. The topological polar surface area (TPSA) is 21.3 Å². The van der Waals surface area contributed by atoms with Crippen molar-refractivity contribution in [3.05, 3.63) is 28.8 Å². The summed E-state index contributed by atoms with van der Waals surface area (Å²) in [7, 11) is 1.72. The second-order valence-electron chi connectivity index (χ2n) is 3.56. The molecule has 0 saturated carbocycles. The van der Waals surface area contributed by atoms with E-state index >= 15 is 0 Å². The summed E-state index contributed by atoms with van der Waals surface area (Å²) < 4.78 is 5.28. The molecule has 0 aliphatic carbocycles. The Morgan fingerprint density at radius 2 is 2.00 bits per heavy atom. The molecule has 1 aromatic carbocycles. The molecular weight excluding hydrogens is 254 g/mol. The summed E-state index contributed by atoms with van der Waals surface area (Å²) in [5.41, 5.74) is 4.82. The number of ether oxygens (including phenoxy) is 1. The van der Waals surface area contributed by atoms with Crippen LogP contribution in [0.5, 0.6) is 5.75 Å². The highest BCUT2D eigenvalue weighted by molar-refractivity contribution is 9.09. The SMILES string of the molecule is COc1ccc(CCNCBr)c(C)c1C. The molecule has 84 valence electrons. The third kappa shape index (κ3) is 3.21. The van der Waals surface area contributed by atoms with Crippen LogP contribution in [-0.2, 0) is 6.42 Å². The number of alkyl halides is 1. The maximum Gasteiger partial charge on any atom is 0.122 e. The molecule has 0 saturated heterocycles. The zero-order valence-corrected chi connectivity index (χ0v) is 11.1. The van der Waals surface area contributed by atoms with Gasteiger partial charge in [-0.05, 0) is 49.6 Å². The molecule has 0 fully saturated rings. The molecule has 1 aromatic rings. The minimum atomic E-state index is 0.848. The van der Waals surface area contributed by atoms with Gasteiger partial charge in [-0.25, -0.2) is 0 Å². The van der Waals surface area contributed by atoms with Gasteiger partial charge in [-0.2, -0.15) is 0 Å². The molecule has 0 heterocycles. The van der Waals surface area contributed by atoms with Crippen molar-refractivity contribution in [3.8, 4) is 5.75 Å². The minimum absolute atomic E-state index is 0.848. The molecule has 0 aliphatic rings. The van der Waals surface area contributed by atoms with Crippen molar-refractivity contribution in [1.29, 1.82) is 0 Å². The average Bonchev–Trinajstić information content (AvgIpc) is 2.25. The lowest BCUT2D eigenvalue weighted by atomic mass is 10.00. The molecule has 1 rings (SSSR count). The summed E-state index contributed by atoms with van der Waals surface area (Å²) in [5.74, 6) is 0.977. The van der Waals surface area contributed by atoms with E-state index in [2.05, 4.69) is 41.2 Å². The van der Waals surface area contributed by atoms with Crippen LogP contribution in [0, 0.1) is 13.8 Å². The van der Waals surface area contributed by atoms with E-state index in [9.17, 15) is 0 Å². The summed E-state index contributed by atoms with van der Waals surface area (Å²) in [6.45, 7) is 5.26. The fraction of sp³-hybridized carbons (Fsp3) is 0.500. The Bertz CT molecular complexity index is 326. The minimum Gasteiger partial charge on any atom is -0.496 e. The average molecular weight is 272 g/mol. The van der Waals surface area contributed by atoms with Crippen molar-refractivity contribution in [2.75, 3.05) is 19.1 Å². The molecule has 0 aromatic heterocycles. The normalized spacial score (nSPS) is 10.4. The number of halogens is 1. The van der Waals surface area contributed by atoms with Crippen LogP contribution >= 0.6 is 15.9 Å². The van der Waals surface area contributed by atoms with Gasteiger partial charge in [0.25, 0.3) is 0 Å². The summed E-state index contributed by atoms with van der Waals surface area (Å²) in [5, 5.41) is 3.26. The first-order chi connectivity index (χ1) is 7.20. The van der Waals surface area contributed by atoms with Crippen molar-refractivity contribution in [1.82, 2.24) is 5.32 Å². The lowest BCUT2D eigenvalue weighted by Gasteiger charge is -2.12. The highest BCUT2D eigenvalue weighted by Crippen LogP contribution is 2.23. The van der Waals surface area contributed by atoms with E-state index in [1.165, 1.54) is 16.7 Å². The van der Waals surface area contributed by atoms with E-state index in [1.807, 2.05) is 6.07 Å². The maximum absolute atomic E-state index is 5.28. The Balaban J connectivity index is 2.77. The Morgan fingerprint density at radius 3 is 2.60 bits per heavy atom. The lowest BCUT2D eigenvalue weighted by Crippen LogP contribution is -2.15. The van der Waals surface area contributed by atoms with Gasteiger partial charge < -0.3 is 10.1 Å². The first-order valence-electron chi connectivity index (χ1n) is 5.10. The Kier molecular flexibility index (Phi) is 5.12. The molecule has 0 aliphatic heterocycles. The Labute approximate surface area is 100 Å². The first kappa shape index (κ1) is 12.5. The molecule has 15 heavy (non-hydrogen) atoms. The van der Waals surface area contributed by atoms with Crippen LogP contribution in [0.3, 0.4) is 0 Å². The Morgan fingerprint density at radius 1 is 1.27 bits per heavy atom. The van der Waals surface area contributed by atoms with Crippen molar-refractivity contribution in [2.45, 2.75) is 20.3 Å². The predicted molar refractivity (Wildman–Crippen MR) is 68.0 cm³/mol. The van der Waals surface area contributed by atoms with Gasteiger partial charge in [0.2, 0.25) is 0 Å². The van der Waals surface area contributed by atoms with Crippen LogP contribution in [0.1, 0.15) is 16.7 Å². The van der Waals surface area contributed by atoms with Crippen LogP contribution in [-0.4, -0.2) is 19.1 Å². The highest BCUT2D eigenvalue weighted by Gasteiger charge is 2.05. The van der Waals surface area contributed by atoms with Gasteiger partial charge in [0, 0.05) is 0 Å². The van der Waals surface area contributed by atoms with E-state index in [-0.39, 0.29) is 0 Å². The maximum atomic E-state index is 5.28. The van der Waals surface area contributed by atoms with Crippen LogP contribution in [0.4, 0.5) is 0 Å². The van der Waals surface area contributed by atoms with E-state index in [0.717, 1.165) is 24.2 Å². The molecule has 3 heteroatoms. The summed E-state index contributed by atoms with van der Waals surface area (Å²) in [4.78, 5) is 0. The summed E-state index contributed by atoms with van der Waals surface area (Å²) in [6.07, 6.45) is 1.06. The summed E-state index contributed by atoms with van der Waals surface area (Å²) in [6, 6.07) is 4.20. The van der Waals surface area contributed by atoms with Crippen molar-refractivity contribution >= 4 is 15.9 Å². The van der Waals surface area contributed by atoms with Gasteiger partial charge in [0.1, 0.15) is 5.75 Å².